The van der Waals surface area contributed by atoms with E-state index in [1.54, 1.807) is 0 Å². The minimum atomic E-state index is -0.0303. The third kappa shape index (κ3) is 2.41. The Morgan fingerprint density at radius 1 is 0.714 bits per heavy atom. The summed E-state index contributed by atoms with van der Waals surface area (Å²) in [5.74, 6) is 0. The molecule has 0 saturated carbocycles. The van der Waals surface area contributed by atoms with E-state index in [2.05, 4.69) is 114 Å². The van der Waals surface area contributed by atoms with Crippen molar-refractivity contribution in [2.45, 2.75) is 25.7 Å². The molecule has 1 aliphatic heterocycles. The van der Waals surface area contributed by atoms with Crippen molar-refractivity contribution >= 4 is 44.5 Å². The average Bonchev–Trinajstić information content (AvgIpc) is 3.54. The average molecular weight is 449 g/mol. The Balaban J connectivity index is 1.48. The van der Waals surface area contributed by atoms with Crippen LogP contribution in [0.1, 0.15) is 30.5 Å². The highest BCUT2D eigenvalue weighted by Crippen LogP contribution is 2.52. The first-order valence-corrected chi connectivity index (χ1v) is 12.4. The summed E-state index contributed by atoms with van der Waals surface area (Å²) in [7, 11) is 0. The van der Waals surface area contributed by atoms with Crippen molar-refractivity contribution in [2.75, 3.05) is 0 Å². The summed E-state index contributed by atoms with van der Waals surface area (Å²) in [6.07, 6.45) is 2.92. The van der Waals surface area contributed by atoms with Crippen LogP contribution < -0.4 is 0 Å². The molecule has 1 aromatic heterocycles. The van der Waals surface area contributed by atoms with Gasteiger partial charge in [0, 0.05) is 34.5 Å². The van der Waals surface area contributed by atoms with E-state index in [0.717, 1.165) is 12.1 Å². The molecule has 6 aromatic rings. The van der Waals surface area contributed by atoms with E-state index in [4.69, 9.17) is 0 Å². The molecule has 8 rings (SSSR count). The van der Waals surface area contributed by atoms with Gasteiger partial charge in [-0.05, 0) is 75.0 Å². The minimum absolute atomic E-state index is 0.0303. The lowest BCUT2D eigenvalue weighted by atomic mass is 9.80. The molecule has 2 nitrogen and oxygen atoms in total. The molecule has 0 N–H and O–H groups in total. The van der Waals surface area contributed by atoms with Crippen LogP contribution >= 0.6 is 0 Å². The molecule has 2 heterocycles. The minimum Gasteiger partial charge on any atom is -0.309 e. The Morgan fingerprint density at radius 2 is 1.57 bits per heavy atom. The lowest BCUT2D eigenvalue weighted by Gasteiger charge is -2.23. The van der Waals surface area contributed by atoms with Crippen LogP contribution in [0, 0.1) is 0 Å². The highest BCUT2D eigenvalue weighted by molar-refractivity contribution is 6.15. The number of aromatic nitrogens is 1. The predicted molar refractivity (Wildman–Crippen MR) is 148 cm³/mol. The second-order valence-corrected chi connectivity index (χ2v) is 10.4. The molecule has 0 bridgehead atoms. The van der Waals surface area contributed by atoms with Gasteiger partial charge in [-0.3, -0.25) is 4.99 Å². The van der Waals surface area contributed by atoms with E-state index in [9.17, 15) is 0 Å². The monoisotopic (exact) mass is 448 g/mol. The van der Waals surface area contributed by atoms with Crippen molar-refractivity contribution in [2.24, 2.45) is 4.99 Å². The maximum atomic E-state index is 4.52. The zero-order chi connectivity index (χ0) is 23.3. The number of para-hydroxylation sites is 1. The summed E-state index contributed by atoms with van der Waals surface area (Å²) in [5.41, 5.74) is 11.7. The van der Waals surface area contributed by atoms with E-state index in [1.807, 2.05) is 6.21 Å². The van der Waals surface area contributed by atoms with Crippen LogP contribution in [0.15, 0.2) is 96.0 Å². The Bertz CT molecular complexity index is 1900. The standard InChI is InChI=1S/C33H24N2/c1-33(2)28-9-5-3-7-23(28)25-13-11-20-18-31-27(19-26(20)32(25)33)24-8-4-6-10-30(24)35(31)22-12-14-29-21(17-22)15-16-34-29/h3-14,16-19H,15H2,1-2H3. The van der Waals surface area contributed by atoms with Crippen molar-refractivity contribution in [3.8, 4) is 16.8 Å². The van der Waals surface area contributed by atoms with Gasteiger partial charge in [-0.1, -0.05) is 68.4 Å². The van der Waals surface area contributed by atoms with E-state index in [-0.39, 0.29) is 5.41 Å². The smallest absolute Gasteiger partial charge is 0.0663 e. The number of hydrogen-bond acceptors (Lipinski definition) is 1. The van der Waals surface area contributed by atoms with Gasteiger partial charge in [0.25, 0.3) is 0 Å². The maximum Gasteiger partial charge on any atom is 0.0663 e. The molecule has 5 aromatic carbocycles. The summed E-state index contributed by atoms with van der Waals surface area (Å²) in [6.45, 7) is 4.74. The van der Waals surface area contributed by atoms with Crippen LogP contribution in [-0.2, 0) is 11.8 Å². The predicted octanol–water partition coefficient (Wildman–Crippen LogP) is 8.50. The molecular formula is C33H24N2. The van der Waals surface area contributed by atoms with Crippen molar-refractivity contribution in [1.82, 2.24) is 4.57 Å². The number of benzene rings is 5. The SMILES string of the molecule is CC1(C)c2ccccc2-c2ccc3cc4c(cc3c21)c1ccccc1n4-c1ccc2c(c1)CC=N2. The zero-order valence-corrected chi connectivity index (χ0v) is 19.8. The second kappa shape index (κ2) is 6.49. The highest BCUT2D eigenvalue weighted by Gasteiger charge is 2.36. The lowest BCUT2D eigenvalue weighted by Crippen LogP contribution is -2.15. The van der Waals surface area contributed by atoms with Gasteiger partial charge in [-0.2, -0.15) is 0 Å². The van der Waals surface area contributed by atoms with Crippen LogP contribution in [0.5, 0.6) is 0 Å². The van der Waals surface area contributed by atoms with Gasteiger partial charge in [0.2, 0.25) is 0 Å². The Hall–Kier alpha value is -4.17. The molecule has 0 saturated heterocycles. The van der Waals surface area contributed by atoms with Gasteiger partial charge in [-0.25, -0.2) is 0 Å². The fourth-order valence-electron chi connectivity index (χ4n) is 6.60. The Kier molecular flexibility index (Phi) is 3.55. The van der Waals surface area contributed by atoms with E-state index >= 15 is 0 Å². The van der Waals surface area contributed by atoms with Crippen molar-refractivity contribution in [3.63, 3.8) is 0 Å². The molecule has 0 atom stereocenters. The summed E-state index contributed by atoms with van der Waals surface area (Å²) in [5, 5.41) is 5.27. The first kappa shape index (κ1) is 19.2. The first-order chi connectivity index (χ1) is 17.1. The maximum absolute atomic E-state index is 4.52. The summed E-state index contributed by atoms with van der Waals surface area (Å²) >= 11 is 0. The van der Waals surface area contributed by atoms with Gasteiger partial charge < -0.3 is 4.57 Å². The highest BCUT2D eigenvalue weighted by atomic mass is 15.0. The van der Waals surface area contributed by atoms with Gasteiger partial charge in [0.1, 0.15) is 0 Å². The molecule has 35 heavy (non-hydrogen) atoms. The molecule has 0 spiro atoms. The van der Waals surface area contributed by atoms with Crippen molar-refractivity contribution < 1.29 is 0 Å². The summed E-state index contributed by atoms with van der Waals surface area (Å²) < 4.78 is 2.43. The number of fused-ring (bicyclic) bond motifs is 9. The largest absolute Gasteiger partial charge is 0.309 e. The molecule has 0 amide bonds. The molecule has 2 aliphatic rings. The van der Waals surface area contributed by atoms with Gasteiger partial charge in [-0.15, -0.1) is 0 Å². The van der Waals surface area contributed by atoms with Crippen LogP contribution in [0.4, 0.5) is 5.69 Å². The normalized spacial score (nSPS) is 15.1. The van der Waals surface area contributed by atoms with Crippen LogP contribution in [0.3, 0.4) is 0 Å². The van der Waals surface area contributed by atoms with Crippen LogP contribution in [0.2, 0.25) is 0 Å². The second-order valence-electron chi connectivity index (χ2n) is 10.4. The Labute approximate surface area is 204 Å². The third-order valence-electron chi connectivity index (χ3n) is 8.19. The van der Waals surface area contributed by atoms with E-state index in [1.165, 1.54) is 66.1 Å². The van der Waals surface area contributed by atoms with E-state index in [0.29, 0.717) is 0 Å². The Morgan fingerprint density at radius 3 is 2.51 bits per heavy atom. The fraction of sp³-hybridized carbons (Fsp3) is 0.121. The third-order valence-corrected chi connectivity index (χ3v) is 8.19. The lowest BCUT2D eigenvalue weighted by molar-refractivity contribution is 0.666. The van der Waals surface area contributed by atoms with Crippen molar-refractivity contribution in [1.29, 1.82) is 0 Å². The molecule has 0 fully saturated rings. The molecule has 2 heteroatoms. The van der Waals surface area contributed by atoms with Gasteiger partial charge >= 0.3 is 0 Å². The van der Waals surface area contributed by atoms with Gasteiger partial charge in [0.15, 0.2) is 0 Å². The topological polar surface area (TPSA) is 17.3 Å². The molecule has 1 aliphatic carbocycles. The number of rotatable bonds is 1. The molecule has 0 unspecified atom stereocenters. The van der Waals surface area contributed by atoms with Gasteiger partial charge in [0.05, 0.1) is 16.7 Å². The van der Waals surface area contributed by atoms with E-state index < -0.39 is 0 Å². The number of nitrogens with zero attached hydrogens (tertiary/aromatic N) is 2. The number of aliphatic imine (C=N–C) groups is 1. The molecule has 0 radical (unpaired) electrons. The zero-order valence-electron chi connectivity index (χ0n) is 19.8. The molecule has 166 valence electrons. The molecular weight excluding hydrogens is 424 g/mol. The summed E-state index contributed by atoms with van der Waals surface area (Å²) in [6, 6.07) is 33.9. The quantitative estimate of drug-likeness (QED) is 0.240. The first-order valence-electron chi connectivity index (χ1n) is 12.4. The summed E-state index contributed by atoms with van der Waals surface area (Å²) in [4.78, 5) is 4.52. The number of hydrogen-bond donors (Lipinski definition) is 0. The van der Waals surface area contributed by atoms with Crippen molar-refractivity contribution in [3.05, 3.63) is 108 Å². The fourth-order valence-corrected chi connectivity index (χ4v) is 6.60. The van der Waals surface area contributed by atoms with Crippen LogP contribution in [-0.4, -0.2) is 10.8 Å². The van der Waals surface area contributed by atoms with Crippen LogP contribution in [0.25, 0.3) is 49.4 Å².